The first-order chi connectivity index (χ1) is 10.8. The topological polar surface area (TPSA) is 70.6 Å². The monoisotopic (exact) mass is 317 g/mol. The number of hydrogen-bond donors (Lipinski definition) is 2. The Morgan fingerprint density at radius 1 is 1.13 bits per heavy atom. The van der Waals surface area contributed by atoms with Crippen LogP contribution < -0.4 is 10.7 Å². The number of hydrazone groups is 1. The number of amides is 2. The predicted octanol–water partition coefficient (Wildman–Crippen LogP) is 3.56. The molecule has 1 rings (SSSR count). The van der Waals surface area contributed by atoms with Crippen LogP contribution in [-0.2, 0) is 9.59 Å². The molecule has 0 spiro atoms. The summed E-state index contributed by atoms with van der Waals surface area (Å²) in [5, 5.41) is 6.86. The Balaban J connectivity index is 2.39. The lowest BCUT2D eigenvalue weighted by Gasteiger charge is -2.09. The van der Waals surface area contributed by atoms with Crippen LogP contribution in [0.1, 0.15) is 51.2 Å². The summed E-state index contributed by atoms with van der Waals surface area (Å²) in [6.45, 7) is 10.0. The maximum Gasteiger partial charge on any atom is 0.240 e. The number of nitrogens with one attached hydrogen (secondary N) is 2. The molecular formula is C18H27N3O2. The van der Waals surface area contributed by atoms with E-state index in [9.17, 15) is 9.59 Å². The lowest BCUT2D eigenvalue weighted by Crippen LogP contribution is -2.22. The Labute approximate surface area is 138 Å². The molecule has 1 aromatic rings. The summed E-state index contributed by atoms with van der Waals surface area (Å²) in [7, 11) is 0. The zero-order valence-electron chi connectivity index (χ0n) is 14.7. The molecule has 0 aliphatic rings. The number of hydrogen-bond acceptors (Lipinski definition) is 3. The van der Waals surface area contributed by atoms with Gasteiger partial charge >= 0.3 is 0 Å². The molecule has 0 aromatic heterocycles. The van der Waals surface area contributed by atoms with Gasteiger partial charge in [-0.2, -0.15) is 5.10 Å². The van der Waals surface area contributed by atoms with Crippen LogP contribution >= 0.6 is 0 Å². The second-order valence-corrected chi connectivity index (χ2v) is 6.35. The molecule has 0 fully saturated rings. The first-order valence-corrected chi connectivity index (χ1v) is 7.97. The van der Waals surface area contributed by atoms with Gasteiger partial charge in [0.1, 0.15) is 0 Å². The molecule has 2 N–H and O–H groups in total. The van der Waals surface area contributed by atoms with Gasteiger partial charge in [-0.1, -0.05) is 31.5 Å². The molecule has 0 saturated carbocycles. The molecule has 0 saturated heterocycles. The molecule has 0 atom stereocenters. The van der Waals surface area contributed by atoms with Gasteiger partial charge in [-0.15, -0.1) is 0 Å². The van der Waals surface area contributed by atoms with E-state index in [1.807, 2.05) is 39.0 Å². The van der Waals surface area contributed by atoms with Gasteiger partial charge in [-0.3, -0.25) is 9.59 Å². The Kier molecular flexibility index (Phi) is 7.45. The van der Waals surface area contributed by atoms with Crippen molar-refractivity contribution < 1.29 is 9.59 Å². The molecule has 126 valence electrons. The minimum Gasteiger partial charge on any atom is -0.326 e. The van der Waals surface area contributed by atoms with Gasteiger partial charge in [0.15, 0.2) is 0 Å². The first-order valence-electron chi connectivity index (χ1n) is 7.97. The zero-order valence-corrected chi connectivity index (χ0v) is 14.7. The van der Waals surface area contributed by atoms with Crippen LogP contribution in [0.5, 0.6) is 0 Å². The second-order valence-electron chi connectivity index (χ2n) is 6.35. The molecule has 5 nitrogen and oxygen atoms in total. The van der Waals surface area contributed by atoms with E-state index in [-0.39, 0.29) is 24.7 Å². The van der Waals surface area contributed by atoms with Crippen LogP contribution in [0.3, 0.4) is 0 Å². The summed E-state index contributed by atoms with van der Waals surface area (Å²) in [6, 6.07) is 5.83. The van der Waals surface area contributed by atoms with Crippen molar-refractivity contribution in [1.29, 1.82) is 0 Å². The van der Waals surface area contributed by atoms with Crippen molar-refractivity contribution >= 4 is 23.2 Å². The molecule has 23 heavy (non-hydrogen) atoms. The third-order valence-electron chi connectivity index (χ3n) is 3.31. The smallest absolute Gasteiger partial charge is 0.240 e. The summed E-state index contributed by atoms with van der Waals surface area (Å²) >= 11 is 0. The second kappa shape index (κ2) is 9.08. The zero-order chi connectivity index (χ0) is 17.4. The van der Waals surface area contributed by atoms with E-state index >= 15 is 0 Å². The quantitative estimate of drug-likeness (QED) is 0.596. The summed E-state index contributed by atoms with van der Waals surface area (Å²) in [4.78, 5) is 23.6. The molecule has 1 aromatic carbocycles. The molecule has 0 heterocycles. The van der Waals surface area contributed by atoms with Crippen LogP contribution in [0.4, 0.5) is 5.69 Å². The minimum absolute atomic E-state index is 0.120. The van der Waals surface area contributed by atoms with Crippen molar-refractivity contribution in [2.75, 3.05) is 5.32 Å². The van der Waals surface area contributed by atoms with Crippen molar-refractivity contribution in [3.8, 4) is 0 Å². The van der Waals surface area contributed by atoms with Crippen molar-refractivity contribution in [2.24, 2.45) is 11.0 Å². The van der Waals surface area contributed by atoms with Crippen LogP contribution in [0, 0.1) is 19.8 Å². The van der Waals surface area contributed by atoms with Gasteiger partial charge in [0.05, 0.1) is 0 Å². The number of rotatable bonds is 7. The normalized spacial score (nSPS) is 11.5. The highest BCUT2D eigenvalue weighted by atomic mass is 16.2. The highest BCUT2D eigenvalue weighted by molar-refractivity contribution is 5.94. The fourth-order valence-corrected chi connectivity index (χ4v) is 2.24. The fraction of sp³-hybridized carbons (Fsp3) is 0.500. The maximum absolute atomic E-state index is 11.9. The van der Waals surface area contributed by atoms with Crippen LogP contribution in [-0.4, -0.2) is 17.5 Å². The molecular weight excluding hydrogens is 290 g/mol. The van der Waals surface area contributed by atoms with Gasteiger partial charge in [-0.25, -0.2) is 5.43 Å². The molecule has 0 aliphatic heterocycles. The Hall–Kier alpha value is -2.17. The number of carbonyl (C=O) groups excluding carboxylic acids is 2. The highest BCUT2D eigenvalue weighted by Crippen LogP contribution is 2.16. The van der Waals surface area contributed by atoms with Crippen LogP contribution in [0.2, 0.25) is 0 Å². The molecule has 0 aliphatic carbocycles. The third-order valence-corrected chi connectivity index (χ3v) is 3.31. The Morgan fingerprint density at radius 3 is 2.39 bits per heavy atom. The average molecular weight is 317 g/mol. The number of anilines is 1. The molecule has 0 radical (unpaired) electrons. The van der Waals surface area contributed by atoms with E-state index in [2.05, 4.69) is 29.7 Å². The fourth-order valence-electron chi connectivity index (χ4n) is 2.24. The first kappa shape index (κ1) is 18.9. The Morgan fingerprint density at radius 2 is 1.78 bits per heavy atom. The lowest BCUT2D eigenvalue weighted by atomic mass is 10.1. The van der Waals surface area contributed by atoms with Crippen molar-refractivity contribution in [2.45, 2.75) is 53.9 Å². The van der Waals surface area contributed by atoms with Crippen molar-refractivity contribution in [3.05, 3.63) is 29.3 Å². The summed E-state index contributed by atoms with van der Waals surface area (Å²) in [5.41, 5.74) is 6.32. The minimum atomic E-state index is -0.246. The van der Waals surface area contributed by atoms with E-state index < -0.39 is 0 Å². The van der Waals surface area contributed by atoms with Gasteiger partial charge < -0.3 is 5.32 Å². The van der Waals surface area contributed by atoms with E-state index in [4.69, 9.17) is 0 Å². The van der Waals surface area contributed by atoms with E-state index in [1.165, 1.54) is 0 Å². The lowest BCUT2D eigenvalue weighted by molar-refractivity contribution is -0.124. The van der Waals surface area contributed by atoms with Gasteiger partial charge in [0.2, 0.25) is 11.8 Å². The number of aryl methyl sites for hydroxylation is 2. The largest absolute Gasteiger partial charge is 0.326 e. The third kappa shape index (κ3) is 7.58. The van der Waals surface area contributed by atoms with Gasteiger partial charge in [0.25, 0.3) is 0 Å². The standard InChI is InChI=1S/C18H27N3O2/c1-12(2)10-15(5)20-21-18(23)9-8-17(22)19-16-7-6-13(3)11-14(16)4/h6-7,11-12H,8-10H2,1-5H3,(H,19,22)(H,21,23)/b20-15+. The number of carbonyl (C=O) groups is 2. The van der Waals surface area contributed by atoms with Gasteiger partial charge in [-0.05, 0) is 44.7 Å². The number of benzene rings is 1. The molecule has 2 amide bonds. The van der Waals surface area contributed by atoms with Crippen molar-refractivity contribution in [1.82, 2.24) is 5.43 Å². The highest BCUT2D eigenvalue weighted by Gasteiger charge is 2.08. The molecule has 0 unspecified atom stereocenters. The average Bonchev–Trinajstić information content (AvgIpc) is 2.45. The van der Waals surface area contributed by atoms with Crippen molar-refractivity contribution in [3.63, 3.8) is 0 Å². The van der Waals surface area contributed by atoms with E-state index in [0.717, 1.165) is 28.9 Å². The van der Waals surface area contributed by atoms with Crippen LogP contribution in [0.25, 0.3) is 0 Å². The van der Waals surface area contributed by atoms with Crippen LogP contribution in [0.15, 0.2) is 23.3 Å². The predicted molar refractivity (Wildman–Crippen MR) is 94.5 cm³/mol. The molecule has 5 heteroatoms. The van der Waals surface area contributed by atoms with E-state index in [0.29, 0.717) is 5.92 Å². The van der Waals surface area contributed by atoms with E-state index in [1.54, 1.807) is 0 Å². The van der Waals surface area contributed by atoms with Gasteiger partial charge in [0, 0.05) is 24.2 Å². The number of nitrogens with zero attached hydrogens (tertiary/aromatic N) is 1. The summed E-state index contributed by atoms with van der Waals surface area (Å²) in [5.74, 6) is 0.0815. The Bertz CT molecular complexity index is 592. The molecule has 0 bridgehead atoms. The maximum atomic E-state index is 11.9. The summed E-state index contributed by atoms with van der Waals surface area (Å²) in [6.07, 6.45) is 1.10. The SMILES string of the molecule is C/C(CC(C)C)=N\NC(=O)CCC(=O)Nc1ccc(C)cc1C. The summed E-state index contributed by atoms with van der Waals surface area (Å²) < 4.78 is 0.